The van der Waals surface area contributed by atoms with Gasteiger partial charge in [-0.3, -0.25) is 4.79 Å². The highest BCUT2D eigenvalue weighted by Crippen LogP contribution is 2.29. The minimum atomic E-state index is -0.719. The first-order chi connectivity index (χ1) is 16.4. The summed E-state index contributed by atoms with van der Waals surface area (Å²) < 4.78 is 21.6. The monoisotopic (exact) mass is 480 g/mol. The van der Waals surface area contributed by atoms with Gasteiger partial charge in [-0.2, -0.15) is 5.10 Å². The summed E-state index contributed by atoms with van der Waals surface area (Å²) in [7, 11) is 1.43. The van der Waals surface area contributed by atoms with Crippen molar-refractivity contribution < 1.29 is 9.13 Å². The maximum absolute atomic E-state index is 14.3. The van der Waals surface area contributed by atoms with Crippen molar-refractivity contribution in [3.05, 3.63) is 121 Å². The van der Waals surface area contributed by atoms with Gasteiger partial charge in [-0.25, -0.2) is 18.4 Å². The van der Waals surface area contributed by atoms with Crippen LogP contribution in [0.5, 0.6) is 5.75 Å². The van der Waals surface area contributed by atoms with Crippen molar-refractivity contribution in [1.82, 2.24) is 14.3 Å². The summed E-state index contributed by atoms with van der Waals surface area (Å²) in [4.78, 5) is 26.8. The van der Waals surface area contributed by atoms with Crippen LogP contribution in [0.1, 0.15) is 22.9 Å². The molecule has 0 fully saturated rings. The molecule has 34 heavy (non-hydrogen) atoms. The average molecular weight is 481 g/mol. The van der Waals surface area contributed by atoms with Crippen LogP contribution in [0, 0.1) is 5.82 Å². The number of hydrogen-bond donors (Lipinski definition) is 1. The maximum Gasteiger partial charge on any atom is 0.352 e. The standard InChI is InChI=1S/C25H22ClFN4O3/c1-34-22-13-7-12-21(23(22)26)31-24(32)20(14-17-10-5-6-11-18(17)27)29-30(25(31)33)15-19(28)16-8-3-2-4-9-16/h2-13,19H,14-15,28H2,1H3. The first-order valence-electron chi connectivity index (χ1n) is 10.5. The molecule has 1 unspecified atom stereocenters. The quantitative estimate of drug-likeness (QED) is 0.437. The van der Waals surface area contributed by atoms with Crippen LogP contribution >= 0.6 is 11.6 Å². The molecule has 0 aliphatic heterocycles. The highest BCUT2D eigenvalue weighted by Gasteiger charge is 2.21. The lowest BCUT2D eigenvalue weighted by molar-refractivity contribution is 0.414. The van der Waals surface area contributed by atoms with Gasteiger partial charge < -0.3 is 10.5 Å². The Morgan fingerprint density at radius 2 is 1.74 bits per heavy atom. The summed E-state index contributed by atoms with van der Waals surface area (Å²) in [5.41, 5.74) is 6.09. The van der Waals surface area contributed by atoms with Crippen LogP contribution in [0.15, 0.2) is 82.4 Å². The van der Waals surface area contributed by atoms with E-state index in [1.807, 2.05) is 30.3 Å². The largest absolute Gasteiger partial charge is 0.495 e. The Balaban J connectivity index is 1.89. The van der Waals surface area contributed by atoms with E-state index < -0.39 is 23.1 Å². The zero-order valence-corrected chi connectivity index (χ0v) is 19.1. The molecule has 2 N–H and O–H groups in total. The van der Waals surface area contributed by atoms with Crippen molar-refractivity contribution in [3.8, 4) is 11.4 Å². The normalized spacial score (nSPS) is 11.9. The lowest BCUT2D eigenvalue weighted by Crippen LogP contribution is -2.44. The second kappa shape index (κ2) is 10.0. The molecule has 0 amide bonds. The van der Waals surface area contributed by atoms with E-state index in [0.29, 0.717) is 5.75 Å². The van der Waals surface area contributed by atoms with Crippen LogP contribution in [-0.4, -0.2) is 21.5 Å². The summed E-state index contributed by atoms with van der Waals surface area (Å²) in [6, 6.07) is 19.5. The minimum Gasteiger partial charge on any atom is -0.495 e. The molecular formula is C25H22ClFN4O3. The van der Waals surface area contributed by atoms with Gasteiger partial charge >= 0.3 is 5.69 Å². The molecule has 0 saturated carbocycles. The predicted octanol–water partition coefficient (Wildman–Crippen LogP) is 3.49. The fraction of sp³-hybridized carbons (Fsp3) is 0.160. The summed E-state index contributed by atoms with van der Waals surface area (Å²) in [6.07, 6.45) is -0.117. The molecule has 1 aromatic heterocycles. The molecule has 0 aliphatic rings. The van der Waals surface area contributed by atoms with Crippen LogP contribution in [0.4, 0.5) is 4.39 Å². The van der Waals surface area contributed by atoms with Crippen LogP contribution in [0.25, 0.3) is 5.69 Å². The van der Waals surface area contributed by atoms with Gasteiger partial charge in [-0.15, -0.1) is 0 Å². The van der Waals surface area contributed by atoms with E-state index in [1.165, 1.54) is 19.2 Å². The second-order valence-corrected chi connectivity index (χ2v) is 8.01. The summed E-state index contributed by atoms with van der Waals surface area (Å²) in [6.45, 7) is -0.00497. The first-order valence-corrected chi connectivity index (χ1v) is 10.9. The van der Waals surface area contributed by atoms with Crippen LogP contribution in [0.3, 0.4) is 0 Å². The molecule has 0 bridgehead atoms. The lowest BCUT2D eigenvalue weighted by Gasteiger charge is -2.17. The highest BCUT2D eigenvalue weighted by molar-refractivity contribution is 6.33. The van der Waals surface area contributed by atoms with Crippen molar-refractivity contribution in [3.63, 3.8) is 0 Å². The Kier molecular flexibility index (Phi) is 6.90. The Morgan fingerprint density at radius 3 is 2.44 bits per heavy atom. The van der Waals surface area contributed by atoms with Gasteiger partial charge in [0.25, 0.3) is 5.56 Å². The van der Waals surface area contributed by atoms with E-state index >= 15 is 0 Å². The molecule has 1 heterocycles. The Morgan fingerprint density at radius 1 is 1.03 bits per heavy atom. The van der Waals surface area contributed by atoms with Gasteiger partial charge in [0, 0.05) is 12.5 Å². The summed E-state index contributed by atoms with van der Waals surface area (Å²) in [5.74, 6) is -0.182. The summed E-state index contributed by atoms with van der Waals surface area (Å²) >= 11 is 6.44. The number of methoxy groups -OCH3 is 1. The highest BCUT2D eigenvalue weighted by atomic mass is 35.5. The number of rotatable bonds is 7. The fourth-order valence-electron chi connectivity index (χ4n) is 3.65. The Hall–Kier alpha value is -3.75. The average Bonchev–Trinajstić information content (AvgIpc) is 2.85. The summed E-state index contributed by atoms with van der Waals surface area (Å²) in [5, 5.41) is 4.37. The predicted molar refractivity (Wildman–Crippen MR) is 128 cm³/mol. The van der Waals surface area contributed by atoms with Gasteiger partial charge in [0.15, 0.2) is 0 Å². The van der Waals surface area contributed by atoms with Gasteiger partial charge in [0.1, 0.15) is 22.3 Å². The van der Waals surface area contributed by atoms with Gasteiger partial charge in [-0.05, 0) is 29.3 Å². The smallest absolute Gasteiger partial charge is 0.352 e. The number of nitrogens with zero attached hydrogens (tertiary/aromatic N) is 3. The van der Waals surface area contributed by atoms with Crippen molar-refractivity contribution in [2.45, 2.75) is 19.0 Å². The molecular weight excluding hydrogens is 459 g/mol. The topological polar surface area (TPSA) is 92.1 Å². The van der Waals surface area contributed by atoms with Crippen molar-refractivity contribution in [2.75, 3.05) is 7.11 Å². The molecule has 0 saturated heterocycles. The molecule has 9 heteroatoms. The number of aromatic nitrogens is 3. The van der Waals surface area contributed by atoms with Crippen molar-refractivity contribution >= 4 is 11.6 Å². The fourth-order valence-corrected chi connectivity index (χ4v) is 3.94. The number of hydrogen-bond acceptors (Lipinski definition) is 5. The SMILES string of the molecule is COc1cccc(-n2c(=O)c(Cc3ccccc3F)nn(CC(N)c3ccccc3)c2=O)c1Cl. The third-order valence-electron chi connectivity index (χ3n) is 5.42. The zero-order valence-electron chi connectivity index (χ0n) is 18.3. The molecule has 7 nitrogen and oxygen atoms in total. The maximum atomic E-state index is 14.3. The molecule has 0 radical (unpaired) electrons. The number of halogens is 2. The number of nitrogens with two attached hydrogens (primary N) is 1. The van der Waals surface area contributed by atoms with Crippen molar-refractivity contribution in [2.24, 2.45) is 5.73 Å². The zero-order chi connectivity index (χ0) is 24.2. The van der Waals surface area contributed by atoms with E-state index in [9.17, 15) is 14.0 Å². The second-order valence-electron chi connectivity index (χ2n) is 7.63. The first kappa shape index (κ1) is 23.4. The molecule has 4 rings (SSSR count). The lowest BCUT2D eigenvalue weighted by atomic mass is 10.1. The van der Waals surface area contributed by atoms with Crippen LogP contribution in [0.2, 0.25) is 5.02 Å². The number of ether oxygens (including phenoxy) is 1. The Bertz CT molecular complexity index is 1440. The molecule has 4 aromatic rings. The van der Waals surface area contributed by atoms with Crippen LogP contribution in [-0.2, 0) is 13.0 Å². The van der Waals surface area contributed by atoms with E-state index in [1.54, 1.807) is 30.3 Å². The Labute approximate surface area is 199 Å². The third-order valence-corrected chi connectivity index (χ3v) is 5.80. The van der Waals surface area contributed by atoms with Gasteiger partial charge in [0.2, 0.25) is 0 Å². The van der Waals surface area contributed by atoms with Gasteiger partial charge in [0.05, 0.1) is 19.3 Å². The van der Waals surface area contributed by atoms with E-state index in [0.717, 1.165) is 14.8 Å². The molecule has 3 aromatic carbocycles. The van der Waals surface area contributed by atoms with Gasteiger partial charge in [-0.1, -0.05) is 66.2 Å². The van der Waals surface area contributed by atoms with E-state index in [2.05, 4.69) is 5.10 Å². The van der Waals surface area contributed by atoms with E-state index in [-0.39, 0.29) is 34.9 Å². The molecule has 174 valence electrons. The third kappa shape index (κ3) is 4.64. The molecule has 0 spiro atoms. The van der Waals surface area contributed by atoms with Crippen LogP contribution < -0.4 is 21.7 Å². The minimum absolute atomic E-state index is 0.00497. The molecule has 1 atom stereocenters. The number of benzene rings is 3. The molecule has 0 aliphatic carbocycles. The van der Waals surface area contributed by atoms with E-state index in [4.69, 9.17) is 22.1 Å². The van der Waals surface area contributed by atoms with Crippen molar-refractivity contribution in [1.29, 1.82) is 0 Å².